The van der Waals surface area contributed by atoms with Crippen molar-refractivity contribution < 1.29 is 4.74 Å². The Morgan fingerprint density at radius 2 is 2.50 bits per heavy atom. The number of morpholine rings is 1. The van der Waals surface area contributed by atoms with Crippen molar-refractivity contribution in [2.75, 3.05) is 19.7 Å². The lowest BCUT2D eigenvalue weighted by Gasteiger charge is -2.31. The zero-order chi connectivity index (χ0) is 11.5. The first-order valence-corrected chi connectivity index (χ1v) is 6.26. The highest BCUT2D eigenvalue weighted by Crippen LogP contribution is 2.23. The number of nitrogens with one attached hydrogen (secondary N) is 1. The van der Waals surface area contributed by atoms with Crippen molar-refractivity contribution >= 4 is 28.8 Å². The fourth-order valence-electron chi connectivity index (χ4n) is 1.69. The third kappa shape index (κ3) is 2.95. The molecule has 2 heterocycles. The molecule has 1 aromatic heterocycles. The van der Waals surface area contributed by atoms with Crippen LogP contribution < -0.4 is 5.73 Å². The summed E-state index contributed by atoms with van der Waals surface area (Å²) in [6, 6.07) is 3.94. The van der Waals surface area contributed by atoms with Crippen LogP contribution in [0.1, 0.15) is 4.88 Å². The van der Waals surface area contributed by atoms with Crippen LogP contribution >= 0.6 is 22.9 Å². The summed E-state index contributed by atoms with van der Waals surface area (Å²) in [5.41, 5.74) is 5.44. The maximum atomic E-state index is 7.37. The van der Waals surface area contributed by atoms with Gasteiger partial charge < -0.3 is 10.5 Å². The van der Waals surface area contributed by atoms with E-state index in [0.717, 1.165) is 17.4 Å². The van der Waals surface area contributed by atoms with E-state index in [9.17, 15) is 0 Å². The van der Waals surface area contributed by atoms with Crippen molar-refractivity contribution in [1.82, 2.24) is 4.90 Å². The van der Waals surface area contributed by atoms with Crippen molar-refractivity contribution in [3.8, 4) is 0 Å². The fourth-order valence-corrected chi connectivity index (χ4v) is 2.82. The van der Waals surface area contributed by atoms with Gasteiger partial charge in [0, 0.05) is 24.5 Å². The molecule has 0 aliphatic carbocycles. The summed E-state index contributed by atoms with van der Waals surface area (Å²) in [4.78, 5) is 3.46. The minimum atomic E-state index is -0.260. The van der Waals surface area contributed by atoms with E-state index in [-0.39, 0.29) is 11.9 Å². The van der Waals surface area contributed by atoms with Crippen LogP contribution in [0.3, 0.4) is 0 Å². The Morgan fingerprint density at radius 3 is 3.12 bits per heavy atom. The molecule has 0 bridgehead atoms. The average Bonchev–Trinajstić information content (AvgIpc) is 2.64. The van der Waals surface area contributed by atoms with Gasteiger partial charge in [-0.3, -0.25) is 10.3 Å². The van der Waals surface area contributed by atoms with Gasteiger partial charge in [-0.2, -0.15) is 0 Å². The molecular formula is C10H14ClN3OS. The Hall–Kier alpha value is -0.620. The molecule has 0 spiro atoms. The van der Waals surface area contributed by atoms with Crippen LogP contribution in [0.4, 0.5) is 0 Å². The number of halogens is 1. The van der Waals surface area contributed by atoms with Crippen molar-refractivity contribution in [2.45, 2.75) is 12.6 Å². The number of thiophene rings is 1. The SMILES string of the molecule is N=C(N)C1CN(Cc2ccc(Cl)s2)CCO1. The van der Waals surface area contributed by atoms with E-state index in [1.807, 2.05) is 12.1 Å². The van der Waals surface area contributed by atoms with E-state index < -0.39 is 0 Å². The molecule has 1 atom stereocenters. The Kier molecular flexibility index (Phi) is 3.81. The van der Waals surface area contributed by atoms with Gasteiger partial charge in [-0.05, 0) is 12.1 Å². The molecule has 1 aliphatic heterocycles. The molecule has 0 saturated carbocycles. The molecule has 1 fully saturated rings. The second-order valence-electron chi connectivity index (χ2n) is 3.76. The summed E-state index contributed by atoms with van der Waals surface area (Å²) in [5.74, 6) is 0.105. The fraction of sp³-hybridized carbons (Fsp3) is 0.500. The van der Waals surface area contributed by atoms with Gasteiger partial charge in [0.15, 0.2) is 0 Å². The van der Waals surface area contributed by atoms with Crippen LogP contribution in [-0.2, 0) is 11.3 Å². The predicted octanol–water partition coefficient (Wildman–Crippen LogP) is 1.54. The predicted molar refractivity (Wildman–Crippen MR) is 66.3 cm³/mol. The maximum Gasteiger partial charge on any atom is 0.127 e. The summed E-state index contributed by atoms with van der Waals surface area (Å²) < 4.78 is 6.21. The monoisotopic (exact) mass is 259 g/mol. The highest BCUT2D eigenvalue weighted by atomic mass is 35.5. The van der Waals surface area contributed by atoms with Gasteiger partial charge in [-0.1, -0.05) is 11.6 Å². The maximum absolute atomic E-state index is 7.37. The van der Waals surface area contributed by atoms with Crippen LogP contribution in [0, 0.1) is 5.41 Å². The lowest BCUT2D eigenvalue weighted by molar-refractivity contribution is 0.00274. The van der Waals surface area contributed by atoms with Crippen LogP contribution in [0.15, 0.2) is 12.1 Å². The first-order chi connectivity index (χ1) is 7.65. The lowest BCUT2D eigenvalue weighted by atomic mass is 10.2. The molecule has 1 aromatic rings. The third-order valence-corrected chi connectivity index (χ3v) is 3.72. The summed E-state index contributed by atoms with van der Waals surface area (Å²) in [7, 11) is 0. The molecule has 0 aromatic carbocycles. The molecule has 4 nitrogen and oxygen atoms in total. The smallest absolute Gasteiger partial charge is 0.127 e. The normalized spacial score (nSPS) is 22.2. The van der Waals surface area contributed by atoms with Crippen molar-refractivity contribution in [3.63, 3.8) is 0 Å². The van der Waals surface area contributed by atoms with Crippen molar-refractivity contribution in [2.24, 2.45) is 5.73 Å². The highest BCUT2D eigenvalue weighted by molar-refractivity contribution is 7.16. The first-order valence-electron chi connectivity index (χ1n) is 5.07. The molecule has 1 saturated heterocycles. The van der Waals surface area contributed by atoms with Gasteiger partial charge in [0.1, 0.15) is 11.9 Å². The molecule has 1 unspecified atom stereocenters. The second-order valence-corrected chi connectivity index (χ2v) is 5.56. The van der Waals surface area contributed by atoms with E-state index in [4.69, 9.17) is 27.5 Å². The molecule has 3 N–H and O–H groups in total. The van der Waals surface area contributed by atoms with Gasteiger partial charge in [0.05, 0.1) is 10.9 Å². The first kappa shape index (κ1) is 11.9. The molecule has 0 radical (unpaired) electrons. The van der Waals surface area contributed by atoms with Crippen LogP contribution in [0.25, 0.3) is 0 Å². The highest BCUT2D eigenvalue weighted by Gasteiger charge is 2.22. The van der Waals surface area contributed by atoms with Crippen LogP contribution in [0.5, 0.6) is 0 Å². The van der Waals surface area contributed by atoms with Gasteiger partial charge >= 0.3 is 0 Å². The van der Waals surface area contributed by atoms with Crippen molar-refractivity contribution in [1.29, 1.82) is 5.41 Å². The summed E-state index contributed by atoms with van der Waals surface area (Å²) >= 11 is 7.47. The zero-order valence-corrected chi connectivity index (χ0v) is 10.4. The summed E-state index contributed by atoms with van der Waals surface area (Å²) in [5, 5.41) is 7.37. The third-order valence-electron chi connectivity index (χ3n) is 2.51. The van der Waals surface area contributed by atoms with E-state index in [2.05, 4.69) is 4.90 Å². The van der Waals surface area contributed by atoms with E-state index in [0.29, 0.717) is 13.2 Å². The number of hydrogen-bond donors (Lipinski definition) is 2. The van der Waals surface area contributed by atoms with Gasteiger partial charge in [-0.15, -0.1) is 11.3 Å². The lowest BCUT2D eigenvalue weighted by Crippen LogP contribution is -2.47. The van der Waals surface area contributed by atoms with E-state index in [1.54, 1.807) is 11.3 Å². The van der Waals surface area contributed by atoms with Crippen molar-refractivity contribution in [3.05, 3.63) is 21.3 Å². The molecular weight excluding hydrogens is 246 g/mol. The number of rotatable bonds is 3. The summed E-state index contributed by atoms with van der Waals surface area (Å²) in [6.07, 6.45) is -0.260. The van der Waals surface area contributed by atoms with Gasteiger partial charge in [0.25, 0.3) is 0 Å². The number of ether oxygens (including phenoxy) is 1. The number of nitrogens with zero attached hydrogens (tertiary/aromatic N) is 1. The molecule has 0 amide bonds. The van der Waals surface area contributed by atoms with Gasteiger partial charge in [0.2, 0.25) is 0 Å². The minimum Gasteiger partial charge on any atom is -0.385 e. The minimum absolute atomic E-state index is 0.105. The van der Waals surface area contributed by atoms with Crippen LogP contribution in [0.2, 0.25) is 4.34 Å². The summed E-state index contributed by atoms with van der Waals surface area (Å²) in [6.45, 7) is 3.04. The van der Waals surface area contributed by atoms with Crippen LogP contribution in [-0.4, -0.2) is 36.5 Å². The zero-order valence-electron chi connectivity index (χ0n) is 8.78. The average molecular weight is 260 g/mol. The molecule has 2 rings (SSSR count). The number of amidine groups is 1. The number of hydrogen-bond acceptors (Lipinski definition) is 4. The van der Waals surface area contributed by atoms with E-state index >= 15 is 0 Å². The molecule has 6 heteroatoms. The van der Waals surface area contributed by atoms with Gasteiger partial charge in [-0.25, -0.2) is 0 Å². The Bertz CT molecular complexity index is 382. The molecule has 88 valence electrons. The standard InChI is InChI=1S/C10H14ClN3OS/c11-9-2-1-7(16-9)5-14-3-4-15-8(6-14)10(12)13/h1-2,8H,3-6H2,(H3,12,13). The Balaban J connectivity index is 1.92. The topological polar surface area (TPSA) is 62.3 Å². The Labute approximate surface area is 103 Å². The molecule has 16 heavy (non-hydrogen) atoms. The largest absolute Gasteiger partial charge is 0.385 e. The van der Waals surface area contributed by atoms with E-state index in [1.165, 1.54) is 4.88 Å². The quantitative estimate of drug-likeness (QED) is 0.639. The second kappa shape index (κ2) is 5.14. The Morgan fingerprint density at radius 1 is 1.69 bits per heavy atom. The number of nitrogens with two attached hydrogens (primary N) is 1. The molecule has 1 aliphatic rings.